The van der Waals surface area contributed by atoms with E-state index in [1.165, 1.54) is 0 Å². The average molecular weight is 410 g/mol. The second-order valence-corrected chi connectivity index (χ2v) is 7.51. The van der Waals surface area contributed by atoms with Gasteiger partial charge in [-0.3, -0.25) is 9.78 Å². The average Bonchev–Trinajstić information content (AvgIpc) is 3.09. The zero-order chi connectivity index (χ0) is 20.1. The largest absolute Gasteiger partial charge is 0.494 e. The van der Waals surface area contributed by atoms with Crippen molar-refractivity contribution in [1.29, 1.82) is 0 Å². The van der Waals surface area contributed by atoms with Crippen molar-refractivity contribution < 1.29 is 10.4 Å². The molecule has 5 rings (SSSR count). The van der Waals surface area contributed by atoms with Crippen LogP contribution in [-0.4, -0.2) is 26.2 Å². The second kappa shape index (κ2) is 6.65. The number of aromatic hydroxyl groups is 1. The first-order chi connectivity index (χ1) is 14.1. The maximum atomic E-state index is 12.8. The molecule has 0 saturated carbocycles. The summed E-state index contributed by atoms with van der Waals surface area (Å²) in [7, 11) is 0. The molecule has 0 aliphatic carbocycles. The third kappa shape index (κ3) is 2.70. The lowest BCUT2D eigenvalue weighted by Gasteiger charge is -2.22. The number of hydrogen-bond acceptors (Lipinski definition) is 3. The Hall–Kier alpha value is -3.29. The van der Waals surface area contributed by atoms with Gasteiger partial charge in [0.2, 0.25) is 5.88 Å². The smallest absolute Gasteiger partial charge is 0.335 e. The number of fused-ring (bicyclic) bond motifs is 3. The van der Waals surface area contributed by atoms with Gasteiger partial charge in [-0.15, -0.1) is 0 Å². The third-order valence-corrected chi connectivity index (χ3v) is 5.80. The van der Waals surface area contributed by atoms with Crippen LogP contribution in [0.15, 0.2) is 58.1 Å². The molecule has 2 aromatic carbocycles. The number of para-hydroxylation sites is 2. The molecule has 0 amide bonds. The molecule has 0 spiro atoms. The van der Waals surface area contributed by atoms with E-state index in [-0.39, 0.29) is 5.56 Å². The van der Waals surface area contributed by atoms with E-state index in [0.29, 0.717) is 10.7 Å². The number of nitrogens with zero attached hydrogens (tertiary/aromatic N) is 1. The summed E-state index contributed by atoms with van der Waals surface area (Å²) in [4.78, 5) is 31.0. The Morgan fingerprint density at radius 1 is 1.07 bits per heavy atom. The molecule has 2 aromatic heterocycles. The van der Waals surface area contributed by atoms with Gasteiger partial charge >= 0.3 is 5.69 Å². The minimum absolute atomic E-state index is 0.122. The Balaban J connectivity index is 1.77. The number of aromatic amines is 2. The molecule has 1 aliphatic heterocycles. The Bertz CT molecular complexity index is 1370. The SMILES string of the molecule is O=c1[nH]c(=O)n(-c2ccccc2Cl)c(O)c1[C@@H]1[NH2+]CCc2c1[nH]c1ccccc21. The molecule has 4 aromatic rings. The van der Waals surface area contributed by atoms with Crippen molar-refractivity contribution in [3.05, 3.63) is 91.2 Å². The lowest BCUT2D eigenvalue weighted by molar-refractivity contribution is -0.690. The fraction of sp³-hybridized carbons (Fsp3) is 0.143. The zero-order valence-corrected chi connectivity index (χ0v) is 16.0. The van der Waals surface area contributed by atoms with Gasteiger partial charge < -0.3 is 15.4 Å². The highest BCUT2D eigenvalue weighted by atomic mass is 35.5. The number of benzene rings is 2. The fourth-order valence-corrected chi connectivity index (χ4v) is 4.43. The minimum atomic E-state index is -0.739. The Morgan fingerprint density at radius 2 is 1.83 bits per heavy atom. The van der Waals surface area contributed by atoms with Crippen LogP contribution in [0, 0.1) is 0 Å². The van der Waals surface area contributed by atoms with E-state index < -0.39 is 23.2 Å². The zero-order valence-electron chi connectivity index (χ0n) is 15.3. The summed E-state index contributed by atoms with van der Waals surface area (Å²) < 4.78 is 1.05. The highest BCUT2D eigenvalue weighted by molar-refractivity contribution is 6.32. The van der Waals surface area contributed by atoms with E-state index in [1.807, 2.05) is 29.6 Å². The second-order valence-electron chi connectivity index (χ2n) is 7.10. The number of quaternary nitrogens is 1. The monoisotopic (exact) mass is 409 g/mol. The van der Waals surface area contributed by atoms with E-state index in [9.17, 15) is 14.7 Å². The van der Waals surface area contributed by atoms with Gasteiger partial charge in [0, 0.05) is 17.3 Å². The highest BCUT2D eigenvalue weighted by Crippen LogP contribution is 2.33. The van der Waals surface area contributed by atoms with Crippen LogP contribution in [0.25, 0.3) is 16.6 Å². The molecule has 1 atom stereocenters. The van der Waals surface area contributed by atoms with Gasteiger partial charge in [-0.2, -0.15) is 0 Å². The van der Waals surface area contributed by atoms with Crippen molar-refractivity contribution in [2.45, 2.75) is 12.5 Å². The quantitative estimate of drug-likeness (QED) is 0.403. The summed E-state index contributed by atoms with van der Waals surface area (Å²) in [5.41, 5.74) is 2.05. The van der Waals surface area contributed by atoms with Crippen molar-refractivity contribution in [2.24, 2.45) is 0 Å². The van der Waals surface area contributed by atoms with Gasteiger partial charge in [-0.05, 0) is 23.8 Å². The van der Waals surface area contributed by atoms with Crippen molar-refractivity contribution in [3.8, 4) is 11.6 Å². The van der Waals surface area contributed by atoms with Crippen LogP contribution in [0.4, 0.5) is 0 Å². The van der Waals surface area contributed by atoms with Crippen LogP contribution in [0.5, 0.6) is 5.88 Å². The molecule has 7 nitrogen and oxygen atoms in total. The summed E-state index contributed by atoms with van der Waals surface area (Å²) in [6.07, 6.45) is 0.846. The molecule has 0 bridgehead atoms. The van der Waals surface area contributed by atoms with Gasteiger partial charge in [-0.1, -0.05) is 41.9 Å². The van der Waals surface area contributed by atoms with Crippen LogP contribution >= 0.6 is 11.6 Å². The minimum Gasteiger partial charge on any atom is -0.494 e. The van der Waals surface area contributed by atoms with Crippen molar-refractivity contribution in [2.75, 3.05) is 6.54 Å². The topological polar surface area (TPSA) is 107 Å². The number of rotatable bonds is 2. The number of nitrogens with one attached hydrogen (secondary N) is 2. The molecule has 146 valence electrons. The first-order valence-corrected chi connectivity index (χ1v) is 9.70. The molecule has 0 saturated heterocycles. The molecule has 0 unspecified atom stereocenters. The number of nitrogens with two attached hydrogens (primary N) is 1. The molecular formula is C21H18ClN4O3+. The van der Waals surface area contributed by atoms with Crippen LogP contribution in [-0.2, 0) is 6.42 Å². The highest BCUT2D eigenvalue weighted by Gasteiger charge is 2.34. The fourth-order valence-electron chi connectivity index (χ4n) is 4.21. The van der Waals surface area contributed by atoms with E-state index in [2.05, 4.69) is 9.97 Å². The third-order valence-electron chi connectivity index (χ3n) is 5.48. The molecule has 5 N–H and O–H groups in total. The van der Waals surface area contributed by atoms with Crippen LogP contribution in [0.3, 0.4) is 0 Å². The maximum absolute atomic E-state index is 12.8. The number of halogens is 1. The van der Waals surface area contributed by atoms with Crippen molar-refractivity contribution >= 4 is 22.5 Å². The van der Waals surface area contributed by atoms with E-state index in [4.69, 9.17) is 11.6 Å². The predicted molar refractivity (Wildman–Crippen MR) is 110 cm³/mol. The number of aromatic nitrogens is 3. The van der Waals surface area contributed by atoms with Gasteiger partial charge in [0.15, 0.2) is 6.04 Å². The molecule has 3 heterocycles. The van der Waals surface area contributed by atoms with Gasteiger partial charge in [0.1, 0.15) is 5.56 Å². The van der Waals surface area contributed by atoms with E-state index >= 15 is 0 Å². The van der Waals surface area contributed by atoms with E-state index in [0.717, 1.165) is 39.7 Å². The van der Waals surface area contributed by atoms with Gasteiger partial charge in [0.25, 0.3) is 5.56 Å². The summed E-state index contributed by atoms with van der Waals surface area (Å²) in [5.74, 6) is -0.403. The molecule has 0 radical (unpaired) electrons. The molecule has 1 aliphatic rings. The van der Waals surface area contributed by atoms with Crippen LogP contribution in [0.1, 0.15) is 22.9 Å². The van der Waals surface area contributed by atoms with Crippen LogP contribution in [0.2, 0.25) is 5.02 Å². The molecular weight excluding hydrogens is 392 g/mol. The van der Waals surface area contributed by atoms with E-state index in [1.54, 1.807) is 24.3 Å². The summed E-state index contributed by atoms with van der Waals surface area (Å²) in [6.45, 7) is 0.754. The first-order valence-electron chi connectivity index (χ1n) is 9.32. The number of H-pyrrole nitrogens is 2. The predicted octanol–water partition coefficient (Wildman–Crippen LogP) is 1.57. The Labute approximate surface area is 169 Å². The number of hydrogen-bond donors (Lipinski definition) is 4. The standard InChI is InChI=1S/C21H17ClN4O3/c22-13-6-2-4-8-15(13)26-20(28)16(19(27)25-21(26)29)18-17-12(9-10-23-18)11-5-1-3-7-14(11)24-17/h1-8,18,23-24,28H,9-10H2,(H,25,27,29)/p+1/t18-/m0/s1. The van der Waals surface area contributed by atoms with Crippen molar-refractivity contribution in [3.63, 3.8) is 0 Å². The molecule has 0 fully saturated rings. The first kappa shape index (κ1) is 17.8. The lowest BCUT2D eigenvalue weighted by Crippen LogP contribution is -2.87. The Kier molecular flexibility index (Phi) is 4.08. The maximum Gasteiger partial charge on any atom is 0.335 e. The van der Waals surface area contributed by atoms with Crippen LogP contribution < -0.4 is 16.6 Å². The lowest BCUT2D eigenvalue weighted by atomic mass is 9.95. The summed E-state index contributed by atoms with van der Waals surface area (Å²) in [5, 5.41) is 14.4. The summed E-state index contributed by atoms with van der Waals surface area (Å²) in [6, 6.07) is 14.2. The molecule has 8 heteroatoms. The molecule has 29 heavy (non-hydrogen) atoms. The Morgan fingerprint density at radius 3 is 2.66 bits per heavy atom. The van der Waals surface area contributed by atoms with Gasteiger partial charge in [-0.25, -0.2) is 9.36 Å². The van der Waals surface area contributed by atoms with Crippen molar-refractivity contribution in [1.82, 2.24) is 14.5 Å². The normalized spacial score (nSPS) is 16.1. The summed E-state index contributed by atoms with van der Waals surface area (Å²) >= 11 is 6.24. The van der Waals surface area contributed by atoms with Gasteiger partial charge in [0.05, 0.1) is 22.9 Å².